The van der Waals surface area contributed by atoms with Crippen LogP contribution < -0.4 is 0 Å². The summed E-state index contributed by atoms with van der Waals surface area (Å²) in [5.74, 6) is 0.0872. The van der Waals surface area contributed by atoms with Gasteiger partial charge < -0.3 is 15.6 Å². The van der Waals surface area contributed by atoms with Crippen LogP contribution in [0.4, 0.5) is 0 Å². The molecule has 0 aliphatic carbocycles. The summed E-state index contributed by atoms with van der Waals surface area (Å²) in [6.07, 6.45) is 5.12. The second kappa shape index (κ2) is 8.65. The first-order valence-electron chi connectivity index (χ1n) is 7.88. The Morgan fingerprint density at radius 1 is 0.615 bits per heavy atom. The highest BCUT2D eigenvalue weighted by Gasteiger charge is 1.99. The molecule has 3 rings (SSSR count). The number of phenolic OH excluding ortho intramolecular Hbond substituents is 2. The molecule has 0 aliphatic rings. The minimum atomic E-state index is 0.0436. The van der Waals surface area contributed by atoms with E-state index >= 15 is 0 Å². The topological polar surface area (TPSA) is 64.3 Å². The third-order valence-electron chi connectivity index (χ3n) is 3.55. The molecule has 3 aromatic carbocycles. The quantitative estimate of drug-likeness (QED) is 0.276. The molecular formula is C21H17NO2S2. The molecule has 3 nitrogen and oxygen atoms in total. The SMILES string of the molecule is N=Cc1ccc(SSc2ccc(/C=C/c3cc(O)cc(O)c3)cc2)cc1. The van der Waals surface area contributed by atoms with Crippen LogP contribution in [0, 0.1) is 5.41 Å². The Morgan fingerprint density at radius 3 is 1.58 bits per heavy atom. The van der Waals surface area contributed by atoms with E-state index in [1.54, 1.807) is 33.7 Å². The van der Waals surface area contributed by atoms with Crippen molar-refractivity contribution in [3.8, 4) is 11.5 Å². The van der Waals surface area contributed by atoms with Crippen LogP contribution >= 0.6 is 21.6 Å². The fourth-order valence-corrected chi connectivity index (χ4v) is 4.19. The van der Waals surface area contributed by atoms with E-state index in [-0.39, 0.29) is 11.5 Å². The van der Waals surface area contributed by atoms with Gasteiger partial charge in [0.05, 0.1) is 0 Å². The minimum absolute atomic E-state index is 0.0436. The zero-order valence-corrected chi connectivity index (χ0v) is 15.4. The number of hydrogen-bond acceptors (Lipinski definition) is 5. The summed E-state index contributed by atoms with van der Waals surface area (Å²) >= 11 is 0. The van der Waals surface area contributed by atoms with E-state index in [9.17, 15) is 10.2 Å². The lowest BCUT2D eigenvalue weighted by atomic mass is 10.1. The molecule has 0 bridgehead atoms. The van der Waals surface area contributed by atoms with Gasteiger partial charge in [0.1, 0.15) is 11.5 Å². The smallest absolute Gasteiger partial charge is 0.119 e. The molecule has 26 heavy (non-hydrogen) atoms. The van der Waals surface area contributed by atoms with E-state index in [2.05, 4.69) is 12.1 Å². The highest BCUT2D eigenvalue weighted by atomic mass is 33.1. The van der Waals surface area contributed by atoms with Crippen molar-refractivity contribution in [2.75, 3.05) is 0 Å². The first kappa shape index (κ1) is 18.2. The van der Waals surface area contributed by atoms with Crippen LogP contribution in [0.1, 0.15) is 16.7 Å². The Hall–Kier alpha value is -2.63. The van der Waals surface area contributed by atoms with Gasteiger partial charge in [-0.15, -0.1) is 0 Å². The maximum atomic E-state index is 9.50. The van der Waals surface area contributed by atoms with E-state index < -0.39 is 0 Å². The van der Waals surface area contributed by atoms with E-state index in [4.69, 9.17) is 5.41 Å². The average Bonchev–Trinajstić information content (AvgIpc) is 2.65. The second-order valence-electron chi connectivity index (χ2n) is 5.57. The van der Waals surface area contributed by atoms with Gasteiger partial charge in [0, 0.05) is 22.1 Å². The molecule has 0 saturated heterocycles. The normalized spacial score (nSPS) is 10.9. The Kier molecular flexibility index (Phi) is 6.04. The maximum Gasteiger partial charge on any atom is 0.119 e. The predicted octanol–water partition coefficient (Wildman–Crippen LogP) is 6.07. The summed E-state index contributed by atoms with van der Waals surface area (Å²) < 4.78 is 0. The second-order valence-corrected chi connectivity index (χ2v) is 7.84. The maximum absolute atomic E-state index is 9.50. The molecule has 0 fully saturated rings. The van der Waals surface area contributed by atoms with Crippen molar-refractivity contribution in [2.45, 2.75) is 9.79 Å². The van der Waals surface area contributed by atoms with Crippen molar-refractivity contribution in [3.63, 3.8) is 0 Å². The molecule has 3 N–H and O–H groups in total. The Labute approximate surface area is 160 Å². The molecular weight excluding hydrogens is 362 g/mol. The van der Waals surface area contributed by atoms with E-state index in [1.165, 1.54) is 12.3 Å². The molecule has 0 heterocycles. The number of aromatic hydroxyl groups is 2. The van der Waals surface area contributed by atoms with Crippen LogP contribution in [0.15, 0.2) is 76.5 Å². The van der Waals surface area contributed by atoms with Crippen molar-refractivity contribution in [1.29, 1.82) is 5.41 Å². The van der Waals surface area contributed by atoms with Crippen LogP contribution in [0.3, 0.4) is 0 Å². The van der Waals surface area contributed by atoms with Crippen molar-refractivity contribution in [1.82, 2.24) is 0 Å². The van der Waals surface area contributed by atoms with E-state index in [0.717, 1.165) is 26.5 Å². The van der Waals surface area contributed by atoms with Crippen LogP contribution in [0.2, 0.25) is 0 Å². The number of hydrogen-bond donors (Lipinski definition) is 3. The molecule has 0 atom stereocenters. The molecule has 130 valence electrons. The fourth-order valence-electron chi connectivity index (χ4n) is 2.26. The summed E-state index contributed by atoms with van der Waals surface area (Å²) in [7, 11) is 3.36. The van der Waals surface area contributed by atoms with Gasteiger partial charge in [-0.2, -0.15) is 0 Å². The van der Waals surface area contributed by atoms with E-state index in [0.29, 0.717) is 0 Å². The van der Waals surface area contributed by atoms with Crippen LogP contribution in [0.5, 0.6) is 11.5 Å². The summed E-state index contributed by atoms with van der Waals surface area (Å²) in [6, 6.07) is 20.6. The van der Waals surface area contributed by atoms with Gasteiger partial charge in [0.2, 0.25) is 0 Å². The van der Waals surface area contributed by atoms with E-state index in [1.807, 2.05) is 48.6 Å². The van der Waals surface area contributed by atoms with Gasteiger partial charge in [0.15, 0.2) is 0 Å². The lowest BCUT2D eigenvalue weighted by Crippen LogP contribution is -1.77. The Balaban J connectivity index is 1.60. The molecule has 3 aromatic rings. The number of rotatable bonds is 6. The van der Waals surface area contributed by atoms with Crippen molar-refractivity contribution in [3.05, 3.63) is 83.4 Å². The van der Waals surface area contributed by atoms with Gasteiger partial charge >= 0.3 is 0 Å². The monoisotopic (exact) mass is 379 g/mol. The first-order valence-corrected chi connectivity index (χ1v) is 10.0. The van der Waals surface area contributed by atoms with Gasteiger partial charge in [-0.1, -0.05) is 58.0 Å². The molecule has 0 radical (unpaired) electrons. The Morgan fingerprint density at radius 2 is 1.08 bits per heavy atom. The highest BCUT2D eigenvalue weighted by Crippen LogP contribution is 2.37. The van der Waals surface area contributed by atoms with Crippen LogP contribution in [-0.4, -0.2) is 16.4 Å². The summed E-state index contributed by atoms with van der Waals surface area (Å²) in [4.78, 5) is 2.30. The Bertz CT molecular complexity index is 899. The average molecular weight is 380 g/mol. The largest absolute Gasteiger partial charge is 0.508 e. The minimum Gasteiger partial charge on any atom is -0.508 e. The van der Waals surface area contributed by atoms with Crippen molar-refractivity contribution in [2.24, 2.45) is 0 Å². The van der Waals surface area contributed by atoms with Gasteiger partial charge in [0.25, 0.3) is 0 Å². The summed E-state index contributed by atoms with van der Waals surface area (Å²) in [6.45, 7) is 0. The fraction of sp³-hybridized carbons (Fsp3) is 0. The lowest BCUT2D eigenvalue weighted by molar-refractivity contribution is 0.450. The van der Waals surface area contributed by atoms with Gasteiger partial charge in [-0.05, 0) is 53.1 Å². The highest BCUT2D eigenvalue weighted by molar-refractivity contribution is 8.76. The summed E-state index contributed by atoms with van der Waals surface area (Å²) in [5, 5.41) is 26.2. The molecule has 0 saturated carbocycles. The number of benzene rings is 3. The lowest BCUT2D eigenvalue weighted by Gasteiger charge is -2.03. The summed E-state index contributed by atoms with van der Waals surface area (Å²) in [5.41, 5.74) is 2.68. The molecule has 0 aromatic heterocycles. The molecule has 5 heteroatoms. The predicted molar refractivity (Wildman–Crippen MR) is 111 cm³/mol. The van der Waals surface area contributed by atoms with Crippen molar-refractivity contribution >= 4 is 40.0 Å². The van der Waals surface area contributed by atoms with Gasteiger partial charge in [-0.25, -0.2) is 0 Å². The first-order chi connectivity index (χ1) is 12.6. The number of nitrogens with one attached hydrogen (secondary N) is 1. The third kappa shape index (κ3) is 5.18. The molecule has 0 aliphatic heterocycles. The molecule has 0 unspecified atom stereocenters. The number of phenols is 2. The molecule has 0 spiro atoms. The third-order valence-corrected chi connectivity index (χ3v) is 5.97. The standard InChI is InChI=1S/C21H17NO2S2/c22-14-16-5-9-21(10-6-16)26-25-20-7-3-15(4-8-20)1-2-17-11-18(23)13-19(24)12-17/h1-14,22-24H/b2-1+,22-14?. The van der Waals surface area contributed by atoms with Crippen LogP contribution in [-0.2, 0) is 0 Å². The molecule has 0 amide bonds. The van der Waals surface area contributed by atoms with Crippen LogP contribution in [0.25, 0.3) is 12.2 Å². The zero-order valence-electron chi connectivity index (χ0n) is 13.8. The van der Waals surface area contributed by atoms with Crippen molar-refractivity contribution < 1.29 is 10.2 Å². The zero-order chi connectivity index (χ0) is 18.4. The van der Waals surface area contributed by atoms with Gasteiger partial charge in [-0.3, -0.25) is 0 Å².